The number of ether oxygens (including phenoxy) is 5. The van der Waals surface area contributed by atoms with Crippen molar-refractivity contribution in [2.45, 2.75) is 102 Å². The molecule has 1 saturated carbocycles. The van der Waals surface area contributed by atoms with Gasteiger partial charge in [0.2, 0.25) is 5.91 Å². The third-order valence-electron chi connectivity index (χ3n) is 8.03. The average molecular weight is 575 g/mol. The molecule has 2 amide bonds. The lowest BCUT2D eigenvalue weighted by atomic mass is 9.82. The summed E-state index contributed by atoms with van der Waals surface area (Å²) in [5.41, 5.74) is -0.105. The number of morpholine rings is 1. The van der Waals surface area contributed by atoms with E-state index in [4.69, 9.17) is 23.7 Å². The zero-order valence-electron chi connectivity index (χ0n) is 24.9. The Hall–Kier alpha value is -2.85. The third-order valence-corrected chi connectivity index (χ3v) is 8.03. The number of esters is 1. The molecule has 2 atom stereocenters. The Morgan fingerprint density at radius 2 is 1.90 bits per heavy atom. The first-order valence-electron chi connectivity index (χ1n) is 15.0. The normalized spacial score (nSPS) is 26.5. The zero-order valence-corrected chi connectivity index (χ0v) is 24.9. The van der Waals surface area contributed by atoms with Crippen molar-refractivity contribution < 1.29 is 38.1 Å². The molecule has 10 nitrogen and oxygen atoms in total. The number of rotatable bonds is 10. The van der Waals surface area contributed by atoms with Crippen LogP contribution >= 0.6 is 0 Å². The summed E-state index contributed by atoms with van der Waals surface area (Å²) < 4.78 is 28.8. The van der Waals surface area contributed by atoms with Crippen molar-refractivity contribution in [3.05, 3.63) is 29.8 Å². The molecule has 2 aliphatic heterocycles. The number of hydrogen-bond donors (Lipinski definition) is 1. The molecule has 3 aliphatic rings. The summed E-state index contributed by atoms with van der Waals surface area (Å²) in [5, 5.41) is 3.11. The van der Waals surface area contributed by atoms with Gasteiger partial charge in [-0.15, -0.1) is 0 Å². The van der Waals surface area contributed by atoms with Crippen LogP contribution in [0.15, 0.2) is 24.3 Å². The Balaban J connectivity index is 1.32. The number of hydrogen-bond acceptors (Lipinski definition) is 8. The van der Waals surface area contributed by atoms with Gasteiger partial charge in [-0.2, -0.15) is 0 Å². The fourth-order valence-electron chi connectivity index (χ4n) is 6.07. The van der Waals surface area contributed by atoms with Gasteiger partial charge in [0.05, 0.1) is 44.1 Å². The predicted molar refractivity (Wildman–Crippen MR) is 152 cm³/mol. The maximum atomic E-state index is 13.1. The van der Waals surface area contributed by atoms with Crippen LogP contribution in [0, 0.1) is 0 Å². The van der Waals surface area contributed by atoms with Gasteiger partial charge in [0.15, 0.2) is 0 Å². The molecular formula is C31H46N2O8. The highest BCUT2D eigenvalue weighted by Gasteiger charge is 2.53. The SMILES string of the molecule is CCOC(=O)CCCOc1ccccc1[C@H]1CC[C@@H](OCC2N(C(=O)OC(C)(C)C)CCC23COCC(=O)N3)CC1. The average Bonchev–Trinajstić information content (AvgIpc) is 3.26. The van der Waals surface area contributed by atoms with Gasteiger partial charge < -0.3 is 33.9 Å². The minimum absolute atomic E-state index is 0.0301. The van der Waals surface area contributed by atoms with Gasteiger partial charge in [-0.3, -0.25) is 9.59 Å². The largest absolute Gasteiger partial charge is 0.493 e. The highest BCUT2D eigenvalue weighted by molar-refractivity contribution is 5.79. The monoisotopic (exact) mass is 574 g/mol. The molecule has 2 unspecified atom stereocenters. The van der Waals surface area contributed by atoms with Crippen LogP contribution in [-0.4, -0.2) is 85.7 Å². The number of nitrogens with zero attached hydrogens (tertiary/aromatic N) is 1. The first-order valence-corrected chi connectivity index (χ1v) is 15.0. The second-order valence-electron chi connectivity index (χ2n) is 12.2. The first kappa shape index (κ1) is 31.1. The molecule has 0 radical (unpaired) electrons. The number of nitrogens with one attached hydrogen (secondary N) is 1. The van der Waals surface area contributed by atoms with Crippen LogP contribution in [0.1, 0.15) is 84.1 Å². The Labute approximate surface area is 243 Å². The van der Waals surface area contributed by atoms with E-state index in [1.165, 1.54) is 5.56 Å². The summed E-state index contributed by atoms with van der Waals surface area (Å²) in [6, 6.07) is 7.75. The maximum absolute atomic E-state index is 13.1. The summed E-state index contributed by atoms with van der Waals surface area (Å²) in [4.78, 5) is 38.7. The van der Waals surface area contributed by atoms with Crippen LogP contribution in [0.5, 0.6) is 5.75 Å². The van der Waals surface area contributed by atoms with Gasteiger partial charge in [-0.05, 0) is 83.8 Å². The fraction of sp³-hybridized carbons (Fsp3) is 0.710. The second-order valence-corrected chi connectivity index (χ2v) is 12.2. The van der Waals surface area contributed by atoms with E-state index < -0.39 is 17.2 Å². The molecule has 10 heteroatoms. The Morgan fingerprint density at radius 3 is 2.61 bits per heavy atom. The molecule has 0 aromatic heterocycles. The highest BCUT2D eigenvalue weighted by Crippen LogP contribution is 2.39. The topological polar surface area (TPSA) is 113 Å². The zero-order chi connectivity index (χ0) is 29.5. The molecule has 228 valence electrons. The predicted octanol–water partition coefficient (Wildman–Crippen LogP) is 4.35. The Kier molecular flexibility index (Phi) is 10.5. The summed E-state index contributed by atoms with van der Waals surface area (Å²) in [7, 11) is 0. The number of carbonyl (C=O) groups is 3. The lowest BCUT2D eigenvalue weighted by Gasteiger charge is -2.41. The first-order chi connectivity index (χ1) is 19.6. The number of likely N-dealkylation sites (tertiary alicyclic amines) is 1. The minimum atomic E-state index is -0.674. The van der Waals surface area contributed by atoms with Gasteiger partial charge in [0.1, 0.15) is 18.0 Å². The summed E-state index contributed by atoms with van der Waals surface area (Å²) in [6.07, 6.45) is 4.90. The van der Waals surface area contributed by atoms with Crippen LogP contribution < -0.4 is 10.1 Å². The van der Waals surface area contributed by atoms with Gasteiger partial charge in [0.25, 0.3) is 0 Å². The molecule has 2 heterocycles. The van der Waals surface area contributed by atoms with Crippen molar-refractivity contribution in [2.75, 3.05) is 39.6 Å². The molecule has 4 rings (SSSR count). The van der Waals surface area contributed by atoms with E-state index in [0.717, 1.165) is 31.4 Å². The van der Waals surface area contributed by atoms with Crippen LogP contribution in [0.3, 0.4) is 0 Å². The summed E-state index contributed by atoms with van der Waals surface area (Å²) in [6.45, 7) is 9.34. The summed E-state index contributed by atoms with van der Waals surface area (Å²) in [5.74, 6) is 0.862. The smallest absolute Gasteiger partial charge is 0.410 e. The molecule has 41 heavy (non-hydrogen) atoms. The van der Waals surface area contributed by atoms with E-state index in [1.807, 2.05) is 39.0 Å². The van der Waals surface area contributed by atoms with Crippen LogP contribution in [0.2, 0.25) is 0 Å². The number of para-hydroxylation sites is 1. The Morgan fingerprint density at radius 1 is 1.15 bits per heavy atom. The summed E-state index contributed by atoms with van der Waals surface area (Å²) >= 11 is 0. The van der Waals surface area contributed by atoms with Crippen LogP contribution in [0.25, 0.3) is 0 Å². The molecule has 1 aromatic carbocycles. The van der Waals surface area contributed by atoms with Crippen LogP contribution in [0.4, 0.5) is 4.79 Å². The van der Waals surface area contributed by atoms with E-state index in [9.17, 15) is 14.4 Å². The molecule has 1 aromatic rings. The number of carbonyl (C=O) groups excluding carboxylic acids is 3. The lowest BCUT2D eigenvalue weighted by Crippen LogP contribution is -2.65. The van der Waals surface area contributed by atoms with Crippen LogP contribution in [-0.2, 0) is 28.5 Å². The highest BCUT2D eigenvalue weighted by atomic mass is 16.6. The standard InChI is InChI=1S/C31H46N2O8/c1-5-38-28(35)11-8-18-39-25-10-7-6-9-24(25)22-12-14-23(15-13-22)40-19-26-31(21-37-20-27(34)32-31)16-17-33(26)29(36)41-30(2,3)4/h6-7,9-10,22-23,26H,5,8,11-21H2,1-4H3,(H,32,34)/t22-,23+,26?,31?. The van der Waals surface area contributed by atoms with E-state index in [2.05, 4.69) is 11.4 Å². The van der Waals surface area contributed by atoms with Crippen molar-refractivity contribution in [2.24, 2.45) is 0 Å². The van der Waals surface area contributed by atoms with Gasteiger partial charge in [-0.25, -0.2) is 4.79 Å². The van der Waals surface area contributed by atoms with Crippen molar-refractivity contribution in [1.29, 1.82) is 0 Å². The number of benzene rings is 1. The minimum Gasteiger partial charge on any atom is -0.493 e. The van der Waals surface area contributed by atoms with Gasteiger partial charge in [0, 0.05) is 13.0 Å². The lowest BCUT2D eigenvalue weighted by molar-refractivity contribution is -0.143. The Bertz CT molecular complexity index is 1050. The molecule has 3 fully saturated rings. The molecule has 2 saturated heterocycles. The quantitative estimate of drug-likeness (QED) is 0.324. The molecule has 1 N–H and O–H groups in total. The van der Waals surface area contributed by atoms with Gasteiger partial charge >= 0.3 is 12.1 Å². The van der Waals surface area contributed by atoms with Crippen molar-refractivity contribution in [3.8, 4) is 5.75 Å². The van der Waals surface area contributed by atoms with Crippen molar-refractivity contribution in [1.82, 2.24) is 10.2 Å². The molecule has 1 spiro atoms. The molecular weight excluding hydrogens is 528 g/mol. The van der Waals surface area contributed by atoms with E-state index in [-0.39, 0.29) is 30.6 Å². The maximum Gasteiger partial charge on any atom is 0.410 e. The molecule has 1 aliphatic carbocycles. The van der Waals surface area contributed by atoms with Crippen molar-refractivity contribution >= 4 is 18.0 Å². The molecule has 0 bridgehead atoms. The van der Waals surface area contributed by atoms with Gasteiger partial charge in [-0.1, -0.05) is 18.2 Å². The third kappa shape index (κ3) is 8.35. The van der Waals surface area contributed by atoms with Crippen molar-refractivity contribution in [3.63, 3.8) is 0 Å². The number of amides is 2. The second kappa shape index (κ2) is 13.9. The van der Waals surface area contributed by atoms with E-state index in [1.54, 1.807) is 11.8 Å². The van der Waals surface area contributed by atoms with E-state index in [0.29, 0.717) is 58.2 Å². The fourth-order valence-corrected chi connectivity index (χ4v) is 6.07. The van der Waals surface area contributed by atoms with E-state index >= 15 is 0 Å².